The highest BCUT2D eigenvalue weighted by molar-refractivity contribution is 7.12. The number of hydrogen-bond donors (Lipinski definition) is 0. The van der Waals surface area contributed by atoms with Gasteiger partial charge >= 0.3 is 0 Å². The number of amides is 1. The third-order valence-electron chi connectivity index (χ3n) is 3.21. The molecule has 0 saturated carbocycles. The second kappa shape index (κ2) is 5.89. The monoisotopic (exact) mass is 300 g/mol. The van der Waals surface area contributed by atoms with Gasteiger partial charge in [0.2, 0.25) is 5.69 Å². The summed E-state index contributed by atoms with van der Waals surface area (Å²) in [4.78, 5) is 22.7. The van der Waals surface area contributed by atoms with Gasteiger partial charge in [-0.1, -0.05) is 6.07 Å². The van der Waals surface area contributed by atoms with Crippen molar-refractivity contribution < 1.29 is 9.53 Å². The lowest BCUT2D eigenvalue weighted by Gasteiger charge is -2.16. The summed E-state index contributed by atoms with van der Waals surface area (Å²) >= 11 is 1.43. The largest absolute Gasteiger partial charge is 0.470 e. The van der Waals surface area contributed by atoms with Crippen molar-refractivity contribution in [2.75, 3.05) is 13.1 Å². The summed E-state index contributed by atoms with van der Waals surface area (Å²) in [6.45, 7) is 1.14. The standard InChI is InChI=1S/C14H12N4O2S/c15-8-11-13(17-5-4-16-11)20-10-3-6-18(9-10)14(19)12-2-1-7-21-12/h1-2,4-5,7,10H,3,6,9H2/t10-/m0/s1. The molecular formula is C14H12N4O2S. The Kier molecular flexibility index (Phi) is 3.79. The van der Waals surface area contributed by atoms with Gasteiger partial charge in [0, 0.05) is 25.4 Å². The molecule has 0 aromatic carbocycles. The summed E-state index contributed by atoms with van der Waals surface area (Å²) in [6.07, 6.45) is 3.50. The molecule has 1 aliphatic heterocycles. The Balaban J connectivity index is 1.65. The number of carbonyl (C=O) groups is 1. The molecule has 2 aromatic rings. The number of hydrogen-bond acceptors (Lipinski definition) is 6. The predicted molar refractivity (Wildman–Crippen MR) is 76.0 cm³/mol. The molecule has 1 amide bonds. The first-order valence-electron chi connectivity index (χ1n) is 6.48. The number of ether oxygens (including phenoxy) is 1. The maximum atomic E-state index is 12.2. The minimum atomic E-state index is -0.155. The Hall–Kier alpha value is -2.46. The van der Waals surface area contributed by atoms with Crippen LogP contribution in [0.4, 0.5) is 0 Å². The fourth-order valence-electron chi connectivity index (χ4n) is 2.21. The molecule has 0 bridgehead atoms. The fraction of sp³-hybridized carbons (Fsp3) is 0.286. The molecule has 1 fully saturated rings. The Bertz CT molecular complexity index is 681. The quantitative estimate of drug-likeness (QED) is 0.862. The average molecular weight is 300 g/mol. The number of nitriles is 1. The first-order chi connectivity index (χ1) is 10.3. The van der Waals surface area contributed by atoms with Crippen LogP contribution in [-0.4, -0.2) is 40.0 Å². The normalized spacial score (nSPS) is 17.5. The molecule has 0 radical (unpaired) electrons. The van der Waals surface area contributed by atoms with Crippen LogP contribution in [-0.2, 0) is 0 Å². The van der Waals surface area contributed by atoms with Crippen LogP contribution >= 0.6 is 11.3 Å². The van der Waals surface area contributed by atoms with Gasteiger partial charge in [-0.05, 0) is 11.4 Å². The maximum absolute atomic E-state index is 12.2. The molecule has 1 saturated heterocycles. The SMILES string of the molecule is N#Cc1nccnc1O[C@H]1CCN(C(=O)c2cccs2)C1. The topological polar surface area (TPSA) is 79.1 Å². The van der Waals surface area contributed by atoms with Crippen molar-refractivity contribution in [1.29, 1.82) is 5.26 Å². The van der Waals surface area contributed by atoms with E-state index < -0.39 is 0 Å². The maximum Gasteiger partial charge on any atom is 0.264 e. The van der Waals surface area contributed by atoms with Crippen LogP contribution in [0.1, 0.15) is 21.8 Å². The van der Waals surface area contributed by atoms with Crippen molar-refractivity contribution in [2.24, 2.45) is 0 Å². The van der Waals surface area contributed by atoms with Crippen LogP contribution in [0.3, 0.4) is 0 Å². The van der Waals surface area contributed by atoms with Crippen LogP contribution in [0.25, 0.3) is 0 Å². The Morgan fingerprint density at radius 1 is 1.48 bits per heavy atom. The number of aromatic nitrogens is 2. The number of nitrogens with zero attached hydrogens (tertiary/aromatic N) is 4. The third-order valence-corrected chi connectivity index (χ3v) is 4.07. The van der Waals surface area contributed by atoms with E-state index in [1.165, 1.54) is 23.7 Å². The highest BCUT2D eigenvalue weighted by Crippen LogP contribution is 2.21. The van der Waals surface area contributed by atoms with Gasteiger partial charge in [-0.3, -0.25) is 4.79 Å². The molecule has 1 atom stereocenters. The van der Waals surface area contributed by atoms with Gasteiger partial charge < -0.3 is 9.64 Å². The lowest BCUT2D eigenvalue weighted by Crippen LogP contribution is -2.30. The summed E-state index contributed by atoms with van der Waals surface area (Å²) < 4.78 is 5.71. The molecule has 106 valence electrons. The summed E-state index contributed by atoms with van der Waals surface area (Å²) in [7, 11) is 0. The van der Waals surface area contributed by atoms with E-state index in [0.29, 0.717) is 13.1 Å². The molecule has 0 spiro atoms. The zero-order valence-corrected chi connectivity index (χ0v) is 11.9. The summed E-state index contributed by atoms with van der Waals surface area (Å²) in [5.74, 6) is 0.256. The molecule has 7 heteroatoms. The number of carbonyl (C=O) groups excluding carboxylic acids is 1. The predicted octanol–water partition coefficient (Wildman–Crippen LogP) is 1.70. The van der Waals surface area contributed by atoms with Gasteiger partial charge in [0.25, 0.3) is 11.8 Å². The molecule has 6 nitrogen and oxygen atoms in total. The van der Waals surface area contributed by atoms with Gasteiger partial charge in [0.05, 0.1) is 11.4 Å². The fourth-order valence-corrected chi connectivity index (χ4v) is 2.90. The molecule has 3 heterocycles. The van der Waals surface area contributed by atoms with Gasteiger partial charge in [0.1, 0.15) is 12.2 Å². The number of rotatable bonds is 3. The van der Waals surface area contributed by atoms with Gasteiger partial charge in [-0.15, -0.1) is 11.3 Å². The highest BCUT2D eigenvalue weighted by Gasteiger charge is 2.29. The van der Waals surface area contributed by atoms with E-state index >= 15 is 0 Å². The van der Waals surface area contributed by atoms with Crippen LogP contribution in [0.2, 0.25) is 0 Å². The Morgan fingerprint density at radius 3 is 3.10 bits per heavy atom. The lowest BCUT2D eigenvalue weighted by molar-refractivity contribution is 0.0776. The molecule has 0 aliphatic carbocycles. The smallest absolute Gasteiger partial charge is 0.264 e. The van der Waals surface area contributed by atoms with E-state index in [4.69, 9.17) is 10.00 Å². The Labute approximate surface area is 125 Å². The first-order valence-corrected chi connectivity index (χ1v) is 7.36. The van der Waals surface area contributed by atoms with E-state index in [9.17, 15) is 4.79 Å². The molecule has 3 rings (SSSR count). The summed E-state index contributed by atoms with van der Waals surface area (Å²) in [5, 5.41) is 10.8. The first kappa shape index (κ1) is 13.5. The summed E-state index contributed by atoms with van der Waals surface area (Å²) in [5.41, 5.74) is 0.167. The molecule has 2 aromatic heterocycles. The number of likely N-dealkylation sites (tertiary alicyclic amines) is 1. The van der Waals surface area contributed by atoms with Crippen molar-refractivity contribution >= 4 is 17.2 Å². The van der Waals surface area contributed by atoms with Crippen molar-refractivity contribution in [3.05, 3.63) is 40.5 Å². The molecule has 0 unspecified atom stereocenters. The van der Waals surface area contributed by atoms with Crippen LogP contribution in [0, 0.1) is 11.3 Å². The van der Waals surface area contributed by atoms with Crippen molar-refractivity contribution in [3.63, 3.8) is 0 Å². The van der Waals surface area contributed by atoms with E-state index in [0.717, 1.165) is 11.3 Å². The van der Waals surface area contributed by atoms with E-state index in [-0.39, 0.29) is 23.6 Å². The minimum absolute atomic E-state index is 0.0238. The molecule has 1 aliphatic rings. The zero-order valence-electron chi connectivity index (χ0n) is 11.1. The molecule has 21 heavy (non-hydrogen) atoms. The average Bonchev–Trinajstić information content (AvgIpc) is 3.19. The third kappa shape index (κ3) is 2.85. The second-order valence-electron chi connectivity index (χ2n) is 4.58. The van der Waals surface area contributed by atoms with Crippen LogP contribution < -0.4 is 4.74 Å². The van der Waals surface area contributed by atoms with E-state index in [1.54, 1.807) is 4.90 Å². The second-order valence-corrected chi connectivity index (χ2v) is 5.53. The van der Waals surface area contributed by atoms with E-state index in [1.807, 2.05) is 23.6 Å². The molecular weight excluding hydrogens is 288 g/mol. The lowest BCUT2D eigenvalue weighted by atomic mass is 10.3. The molecule has 0 N–H and O–H groups in total. The minimum Gasteiger partial charge on any atom is -0.470 e. The van der Waals surface area contributed by atoms with Crippen molar-refractivity contribution in [2.45, 2.75) is 12.5 Å². The van der Waals surface area contributed by atoms with Gasteiger partial charge in [-0.2, -0.15) is 5.26 Å². The highest BCUT2D eigenvalue weighted by atomic mass is 32.1. The zero-order chi connectivity index (χ0) is 14.7. The number of thiophene rings is 1. The van der Waals surface area contributed by atoms with Gasteiger partial charge in [0.15, 0.2) is 0 Å². The van der Waals surface area contributed by atoms with E-state index in [2.05, 4.69) is 9.97 Å². The Morgan fingerprint density at radius 2 is 2.33 bits per heavy atom. The summed E-state index contributed by atoms with van der Waals surface area (Å²) in [6, 6.07) is 5.63. The van der Waals surface area contributed by atoms with Crippen LogP contribution in [0.5, 0.6) is 5.88 Å². The van der Waals surface area contributed by atoms with Crippen LogP contribution in [0.15, 0.2) is 29.9 Å². The van der Waals surface area contributed by atoms with Crippen molar-refractivity contribution in [1.82, 2.24) is 14.9 Å². The van der Waals surface area contributed by atoms with Gasteiger partial charge in [-0.25, -0.2) is 9.97 Å². The van der Waals surface area contributed by atoms with Crippen molar-refractivity contribution in [3.8, 4) is 11.9 Å².